The van der Waals surface area contributed by atoms with Crippen LogP contribution in [0.2, 0.25) is 0 Å². The fraction of sp³-hybridized carbons (Fsp3) is 0.125. The van der Waals surface area contributed by atoms with Gasteiger partial charge in [0.2, 0.25) is 0 Å². The molecule has 0 spiro atoms. The summed E-state index contributed by atoms with van der Waals surface area (Å²) in [5.41, 5.74) is 8.25. The quantitative estimate of drug-likeness (QED) is 0.868. The zero-order chi connectivity index (χ0) is 14.3. The molecule has 0 aliphatic heterocycles. The smallest absolute Gasteiger partial charge is 0.402 e. The summed E-state index contributed by atoms with van der Waals surface area (Å²) >= 11 is 0. The van der Waals surface area contributed by atoms with E-state index >= 15 is 0 Å². The van der Waals surface area contributed by atoms with E-state index in [0.717, 1.165) is 22.9 Å². The zero-order valence-electron chi connectivity index (χ0n) is 10.5. The standard InChI is InChI=1S/C16H12F3N/c17-16(18,19)13-3-1-2-12(8-13)10-4-6-11(7-5-10)14-9-15(14)20/h1-9,14H,20H2/t14-/m0/s1. The largest absolute Gasteiger partial charge is 0.416 e. The number of allylic oxidation sites excluding steroid dienone is 2. The lowest BCUT2D eigenvalue weighted by atomic mass is 10.00. The third kappa shape index (κ3) is 2.41. The van der Waals surface area contributed by atoms with Gasteiger partial charge in [0.1, 0.15) is 0 Å². The van der Waals surface area contributed by atoms with E-state index in [9.17, 15) is 13.2 Å². The maximum Gasteiger partial charge on any atom is 0.416 e. The molecule has 1 nitrogen and oxygen atoms in total. The monoisotopic (exact) mass is 275 g/mol. The SMILES string of the molecule is NC1=C[C@H]1c1ccc(-c2cccc(C(F)(F)F)c2)cc1. The second-order valence-electron chi connectivity index (χ2n) is 4.84. The molecule has 0 saturated heterocycles. The van der Waals surface area contributed by atoms with Crippen LogP contribution < -0.4 is 5.73 Å². The summed E-state index contributed by atoms with van der Waals surface area (Å²) in [6.45, 7) is 0. The zero-order valence-corrected chi connectivity index (χ0v) is 10.5. The van der Waals surface area contributed by atoms with E-state index in [1.807, 2.05) is 30.3 Å². The Hall–Kier alpha value is -2.23. The Bertz CT molecular complexity index is 669. The van der Waals surface area contributed by atoms with Crippen molar-refractivity contribution in [1.29, 1.82) is 0 Å². The van der Waals surface area contributed by atoms with Gasteiger partial charge in [-0.2, -0.15) is 13.2 Å². The highest BCUT2D eigenvalue weighted by atomic mass is 19.4. The van der Waals surface area contributed by atoms with E-state index in [-0.39, 0.29) is 5.92 Å². The van der Waals surface area contributed by atoms with Crippen molar-refractivity contribution in [2.45, 2.75) is 12.1 Å². The molecule has 2 aromatic rings. The van der Waals surface area contributed by atoms with Gasteiger partial charge in [0.05, 0.1) is 5.56 Å². The minimum absolute atomic E-state index is 0.200. The predicted molar refractivity (Wildman–Crippen MR) is 71.9 cm³/mol. The molecule has 0 fully saturated rings. The number of hydrogen-bond acceptors (Lipinski definition) is 1. The molecule has 2 aromatic carbocycles. The Labute approximate surface area is 114 Å². The molecule has 20 heavy (non-hydrogen) atoms. The number of benzene rings is 2. The van der Waals surface area contributed by atoms with Crippen molar-refractivity contribution < 1.29 is 13.2 Å². The van der Waals surface area contributed by atoms with Gasteiger partial charge in [0, 0.05) is 11.6 Å². The summed E-state index contributed by atoms with van der Waals surface area (Å²) in [4.78, 5) is 0. The number of alkyl halides is 3. The molecule has 0 radical (unpaired) electrons. The Morgan fingerprint density at radius 1 is 0.900 bits per heavy atom. The maximum atomic E-state index is 12.7. The van der Waals surface area contributed by atoms with Gasteiger partial charge in [0.15, 0.2) is 0 Å². The van der Waals surface area contributed by atoms with Crippen LogP contribution in [0, 0.1) is 0 Å². The average Bonchev–Trinajstić information content (AvgIpc) is 3.15. The molecule has 4 heteroatoms. The molecule has 2 N–H and O–H groups in total. The summed E-state index contributed by atoms with van der Waals surface area (Å²) in [5.74, 6) is 0.200. The van der Waals surface area contributed by atoms with Crippen LogP contribution in [0.5, 0.6) is 0 Å². The molecular weight excluding hydrogens is 263 g/mol. The summed E-state index contributed by atoms with van der Waals surface area (Å²) in [5, 5.41) is 0. The van der Waals surface area contributed by atoms with Gasteiger partial charge in [-0.1, -0.05) is 42.5 Å². The number of halogens is 3. The minimum atomic E-state index is -4.32. The van der Waals surface area contributed by atoms with Crippen molar-refractivity contribution in [3.05, 3.63) is 71.4 Å². The third-order valence-electron chi connectivity index (χ3n) is 3.40. The second-order valence-corrected chi connectivity index (χ2v) is 4.84. The van der Waals surface area contributed by atoms with Crippen molar-refractivity contribution in [3.63, 3.8) is 0 Å². The molecule has 1 atom stereocenters. The highest BCUT2D eigenvalue weighted by Gasteiger charge is 2.30. The van der Waals surface area contributed by atoms with Crippen molar-refractivity contribution in [1.82, 2.24) is 0 Å². The minimum Gasteiger partial charge on any atom is -0.402 e. The van der Waals surface area contributed by atoms with Crippen LogP contribution in [0.1, 0.15) is 17.0 Å². The number of nitrogens with two attached hydrogens (primary N) is 1. The topological polar surface area (TPSA) is 26.0 Å². The van der Waals surface area contributed by atoms with Gasteiger partial charge in [-0.3, -0.25) is 0 Å². The van der Waals surface area contributed by atoms with Gasteiger partial charge in [-0.15, -0.1) is 0 Å². The third-order valence-corrected chi connectivity index (χ3v) is 3.40. The summed E-state index contributed by atoms with van der Waals surface area (Å²) in [6, 6.07) is 12.8. The predicted octanol–water partition coefficient (Wildman–Crippen LogP) is 4.31. The van der Waals surface area contributed by atoms with Crippen molar-refractivity contribution >= 4 is 0 Å². The van der Waals surface area contributed by atoms with Crippen LogP contribution >= 0.6 is 0 Å². The lowest BCUT2D eigenvalue weighted by Gasteiger charge is -2.09. The van der Waals surface area contributed by atoms with E-state index in [1.54, 1.807) is 6.07 Å². The molecule has 0 amide bonds. The van der Waals surface area contributed by atoms with Gasteiger partial charge in [-0.05, 0) is 28.8 Å². The molecular formula is C16H12F3N. The summed E-state index contributed by atoms with van der Waals surface area (Å²) in [6.07, 6.45) is -2.37. The van der Waals surface area contributed by atoms with Gasteiger partial charge in [-0.25, -0.2) is 0 Å². The van der Waals surface area contributed by atoms with Crippen molar-refractivity contribution in [2.75, 3.05) is 0 Å². The first-order chi connectivity index (χ1) is 9.45. The lowest BCUT2D eigenvalue weighted by Crippen LogP contribution is -2.04. The van der Waals surface area contributed by atoms with E-state index in [2.05, 4.69) is 0 Å². The summed E-state index contributed by atoms with van der Waals surface area (Å²) in [7, 11) is 0. The molecule has 0 bridgehead atoms. The molecule has 0 aromatic heterocycles. The summed E-state index contributed by atoms with van der Waals surface area (Å²) < 4.78 is 38.1. The molecule has 102 valence electrons. The van der Waals surface area contributed by atoms with Gasteiger partial charge < -0.3 is 5.73 Å². The first kappa shape index (κ1) is 12.8. The Balaban J connectivity index is 1.89. The Kier molecular flexibility index (Phi) is 2.82. The Morgan fingerprint density at radius 2 is 1.55 bits per heavy atom. The van der Waals surface area contributed by atoms with Crippen molar-refractivity contribution in [3.8, 4) is 11.1 Å². The van der Waals surface area contributed by atoms with E-state index < -0.39 is 11.7 Å². The molecule has 1 aliphatic rings. The van der Waals surface area contributed by atoms with E-state index in [0.29, 0.717) is 5.56 Å². The molecule has 0 heterocycles. The molecule has 0 saturated carbocycles. The van der Waals surface area contributed by atoms with Gasteiger partial charge >= 0.3 is 6.18 Å². The van der Waals surface area contributed by atoms with Crippen LogP contribution in [-0.2, 0) is 6.18 Å². The maximum absolute atomic E-state index is 12.7. The highest BCUT2D eigenvalue weighted by molar-refractivity contribution is 5.65. The number of rotatable bonds is 2. The first-order valence-electron chi connectivity index (χ1n) is 6.20. The normalized spacial score (nSPS) is 17.8. The fourth-order valence-electron chi connectivity index (χ4n) is 2.19. The van der Waals surface area contributed by atoms with Crippen LogP contribution in [-0.4, -0.2) is 0 Å². The van der Waals surface area contributed by atoms with Crippen LogP contribution in [0.4, 0.5) is 13.2 Å². The van der Waals surface area contributed by atoms with Crippen LogP contribution in [0.15, 0.2) is 60.3 Å². The number of hydrogen-bond donors (Lipinski definition) is 1. The van der Waals surface area contributed by atoms with E-state index in [4.69, 9.17) is 5.73 Å². The lowest BCUT2D eigenvalue weighted by molar-refractivity contribution is -0.137. The second kappa shape index (κ2) is 4.40. The van der Waals surface area contributed by atoms with Gasteiger partial charge in [0.25, 0.3) is 0 Å². The van der Waals surface area contributed by atoms with E-state index in [1.165, 1.54) is 12.1 Å². The van der Waals surface area contributed by atoms with Crippen molar-refractivity contribution in [2.24, 2.45) is 5.73 Å². The average molecular weight is 275 g/mol. The van der Waals surface area contributed by atoms with Crippen LogP contribution in [0.3, 0.4) is 0 Å². The Morgan fingerprint density at radius 3 is 2.10 bits per heavy atom. The highest BCUT2D eigenvalue weighted by Crippen LogP contribution is 2.36. The molecule has 3 rings (SSSR count). The first-order valence-corrected chi connectivity index (χ1v) is 6.20. The molecule has 0 unspecified atom stereocenters. The fourth-order valence-corrected chi connectivity index (χ4v) is 2.19. The van der Waals surface area contributed by atoms with Crippen LogP contribution in [0.25, 0.3) is 11.1 Å². The molecule has 1 aliphatic carbocycles.